The summed E-state index contributed by atoms with van der Waals surface area (Å²) in [4.78, 5) is 22.7. The molecule has 1 amide bonds. The van der Waals surface area contributed by atoms with Crippen LogP contribution >= 0.6 is 22.9 Å². The number of methoxy groups -OCH3 is 1. The predicted octanol–water partition coefficient (Wildman–Crippen LogP) is 2.31. The predicted molar refractivity (Wildman–Crippen MR) is 82.0 cm³/mol. The highest BCUT2D eigenvalue weighted by Crippen LogP contribution is 2.28. The van der Waals surface area contributed by atoms with Gasteiger partial charge in [0.05, 0.1) is 13.0 Å². The first kappa shape index (κ1) is 15.8. The van der Waals surface area contributed by atoms with E-state index in [1.807, 2.05) is 17.5 Å². The Kier molecular flexibility index (Phi) is 5.17. The minimum atomic E-state index is -1.11. The Labute approximate surface area is 130 Å². The first-order chi connectivity index (χ1) is 10.0. The minimum Gasteiger partial charge on any atom is -0.479 e. The molecule has 0 saturated heterocycles. The van der Waals surface area contributed by atoms with Crippen LogP contribution in [0.25, 0.3) is 10.1 Å². The van der Waals surface area contributed by atoms with Crippen LogP contribution in [-0.4, -0.2) is 36.7 Å². The van der Waals surface area contributed by atoms with Crippen molar-refractivity contribution in [2.45, 2.75) is 12.5 Å². The van der Waals surface area contributed by atoms with Gasteiger partial charge in [0.25, 0.3) is 0 Å². The zero-order chi connectivity index (χ0) is 15.4. The molecule has 1 aromatic heterocycles. The van der Waals surface area contributed by atoms with Crippen LogP contribution in [0, 0.1) is 0 Å². The molecule has 2 rings (SSSR count). The van der Waals surface area contributed by atoms with Crippen molar-refractivity contribution in [1.82, 2.24) is 5.32 Å². The van der Waals surface area contributed by atoms with Crippen molar-refractivity contribution in [2.24, 2.45) is 0 Å². The van der Waals surface area contributed by atoms with Gasteiger partial charge < -0.3 is 15.2 Å². The molecule has 1 unspecified atom stereocenters. The lowest BCUT2D eigenvalue weighted by atomic mass is 10.1. The SMILES string of the molecule is COC(CNC(=O)Cc1csc2ccc(Cl)cc12)C(=O)O. The summed E-state index contributed by atoms with van der Waals surface area (Å²) in [7, 11) is 1.29. The summed E-state index contributed by atoms with van der Waals surface area (Å²) >= 11 is 7.50. The molecule has 7 heteroatoms. The van der Waals surface area contributed by atoms with Crippen molar-refractivity contribution in [2.75, 3.05) is 13.7 Å². The number of hydrogen-bond donors (Lipinski definition) is 2. The summed E-state index contributed by atoms with van der Waals surface area (Å²) in [5.74, 6) is -1.36. The zero-order valence-corrected chi connectivity index (χ0v) is 12.8. The van der Waals surface area contributed by atoms with E-state index in [4.69, 9.17) is 21.4 Å². The van der Waals surface area contributed by atoms with Gasteiger partial charge in [-0.15, -0.1) is 11.3 Å². The van der Waals surface area contributed by atoms with Gasteiger partial charge in [-0.25, -0.2) is 4.79 Å². The van der Waals surface area contributed by atoms with E-state index >= 15 is 0 Å². The zero-order valence-electron chi connectivity index (χ0n) is 11.3. The lowest BCUT2D eigenvalue weighted by molar-refractivity contribution is -0.148. The molecule has 0 bridgehead atoms. The second-order valence-corrected chi connectivity index (χ2v) is 5.79. The number of aliphatic carboxylic acids is 1. The van der Waals surface area contributed by atoms with Gasteiger partial charge in [0, 0.05) is 16.8 Å². The second-order valence-electron chi connectivity index (χ2n) is 4.44. The molecule has 0 spiro atoms. The van der Waals surface area contributed by atoms with Crippen molar-refractivity contribution in [1.29, 1.82) is 0 Å². The molecule has 0 fully saturated rings. The van der Waals surface area contributed by atoms with Gasteiger partial charge in [0.2, 0.25) is 5.91 Å². The van der Waals surface area contributed by atoms with Gasteiger partial charge in [0.1, 0.15) is 0 Å². The van der Waals surface area contributed by atoms with E-state index in [2.05, 4.69) is 5.32 Å². The molecule has 0 aliphatic carbocycles. The Hall–Kier alpha value is -1.63. The van der Waals surface area contributed by atoms with Crippen LogP contribution < -0.4 is 5.32 Å². The van der Waals surface area contributed by atoms with Crippen LogP contribution in [0.1, 0.15) is 5.56 Å². The van der Waals surface area contributed by atoms with E-state index in [0.29, 0.717) is 5.02 Å². The van der Waals surface area contributed by atoms with E-state index in [9.17, 15) is 9.59 Å². The Morgan fingerprint density at radius 2 is 2.24 bits per heavy atom. The molecule has 112 valence electrons. The number of nitrogens with one attached hydrogen (secondary N) is 1. The van der Waals surface area contributed by atoms with Crippen molar-refractivity contribution in [3.05, 3.63) is 34.2 Å². The maximum absolute atomic E-state index is 11.9. The Balaban J connectivity index is 2.01. The number of halogens is 1. The molecular formula is C14H14ClNO4S. The number of rotatable bonds is 6. The van der Waals surface area contributed by atoms with Crippen LogP contribution in [-0.2, 0) is 20.7 Å². The first-order valence-electron chi connectivity index (χ1n) is 6.19. The molecular weight excluding hydrogens is 314 g/mol. The van der Waals surface area contributed by atoms with Gasteiger partial charge in [-0.1, -0.05) is 11.6 Å². The summed E-state index contributed by atoms with van der Waals surface area (Å²) in [5.41, 5.74) is 0.874. The van der Waals surface area contributed by atoms with E-state index in [1.54, 1.807) is 17.4 Å². The molecule has 1 atom stereocenters. The number of ether oxygens (including phenoxy) is 1. The van der Waals surface area contributed by atoms with Gasteiger partial charge >= 0.3 is 5.97 Å². The molecule has 0 saturated carbocycles. The van der Waals surface area contributed by atoms with E-state index < -0.39 is 12.1 Å². The summed E-state index contributed by atoms with van der Waals surface area (Å²) < 4.78 is 5.81. The van der Waals surface area contributed by atoms with E-state index in [0.717, 1.165) is 15.6 Å². The average molecular weight is 328 g/mol. The van der Waals surface area contributed by atoms with Gasteiger partial charge in [-0.3, -0.25) is 4.79 Å². The van der Waals surface area contributed by atoms with Crippen molar-refractivity contribution in [3.8, 4) is 0 Å². The third-order valence-electron chi connectivity index (χ3n) is 3.01. The highest BCUT2D eigenvalue weighted by Gasteiger charge is 2.17. The third-order valence-corrected chi connectivity index (χ3v) is 4.26. The Morgan fingerprint density at radius 1 is 1.48 bits per heavy atom. The smallest absolute Gasteiger partial charge is 0.334 e. The summed E-state index contributed by atoms with van der Waals surface area (Å²) in [6.45, 7) is -0.0620. The highest BCUT2D eigenvalue weighted by atomic mass is 35.5. The Bertz CT molecular complexity index is 670. The number of benzene rings is 1. The van der Waals surface area contributed by atoms with Gasteiger partial charge in [-0.05, 0) is 34.5 Å². The fourth-order valence-corrected chi connectivity index (χ4v) is 3.02. The van der Waals surface area contributed by atoms with Crippen LogP contribution in [0.3, 0.4) is 0 Å². The summed E-state index contributed by atoms with van der Waals surface area (Å²) in [6.07, 6.45) is -0.862. The fourth-order valence-electron chi connectivity index (χ4n) is 1.90. The van der Waals surface area contributed by atoms with E-state index in [1.165, 1.54) is 7.11 Å². The lowest BCUT2D eigenvalue weighted by Crippen LogP contribution is -2.38. The Morgan fingerprint density at radius 3 is 2.90 bits per heavy atom. The highest BCUT2D eigenvalue weighted by molar-refractivity contribution is 7.17. The van der Waals surface area contributed by atoms with Crippen LogP contribution in [0.2, 0.25) is 5.02 Å². The van der Waals surface area contributed by atoms with Gasteiger partial charge in [-0.2, -0.15) is 0 Å². The normalized spacial score (nSPS) is 12.3. The topological polar surface area (TPSA) is 75.6 Å². The summed E-state index contributed by atoms with van der Waals surface area (Å²) in [6, 6.07) is 5.54. The molecule has 0 aliphatic heterocycles. The molecule has 21 heavy (non-hydrogen) atoms. The molecule has 5 nitrogen and oxygen atoms in total. The molecule has 2 N–H and O–H groups in total. The summed E-state index contributed by atoms with van der Waals surface area (Å²) in [5, 5.41) is 14.9. The van der Waals surface area contributed by atoms with Gasteiger partial charge in [0.15, 0.2) is 6.10 Å². The second kappa shape index (κ2) is 6.89. The maximum Gasteiger partial charge on any atom is 0.334 e. The number of thiophene rings is 1. The van der Waals surface area contributed by atoms with Crippen molar-refractivity contribution in [3.63, 3.8) is 0 Å². The maximum atomic E-state index is 11.9. The molecule has 1 aromatic carbocycles. The molecule has 0 aliphatic rings. The first-order valence-corrected chi connectivity index (χ1v) is 7.45. The minimum absolute atomic E-state index is 0.0620. The van der Waals surface area contributed by atoms with E-state index in [-0.39, 0.29) is 18.9 Å². The van der Waals surface area contributed by atoms with Crippen molar-refractivity contribution < 1.29 is 19.4 Å². The van der Waals surface area contributed by atoms with Crippen LogP contribution in [0.5, 0.6) is 0 Å². The number of fused-ring (bicyclic) bond motifs is 1. The molecule has 2 aromatic rings. The largest absolute Gasteiger partial charge is 0.479 e. The number of carbonyl (C=O) groups excluding carboxylic acids is 1. The monoisotopic (exact) mass is 327 g/mol. The molecule has 0 radical (unpaired) electrons. The number of carbonyl (C=O) groups is 2. The van der Waals surface area contributed by atoms with Crippen molar-refractivity contribution >= 4 is 44.9 Å². The van der Waals surface area contributed by atoms with Crippen LogP contribution in [0.4, 0.5) is 0 Å². The number of hydrogen-bond acceptors (Lipinski definition) is 4. The number of amides is 1. The number of carboxylic acids is 1. The standard InChI is InChI=1S/C14H14ClNO4S/c1-20-11(14(18)19)6-16-13(17)4-8-7-21-12-3-2-9(15)5-10(8)12/h2-3,5,7,11H,4,6H2,1H3,(H,16,17)(H,18,19). The van der Waals surface area contributed by atoms with Crippen LogP contribution in [0.15, 0.2) is 23.6 Å². The molecule has 1 heterocycles. The third kappa shape index (κ3) is 3.93. The number of carboxylic acid groups (broad SMARTS) is 1. The quantitative estimate of drug-likeness (QED) is 0.853. The fraction of sp³-hybridized carbons (Fsp3) is 0.286. The lowest BCUT2D eigenvalue weighted by Gasteiger charge is -2.11. The average Bonchev–Trinajstić information content (AvgIpc) is 2.81.